The summed E-state index contributed by atoms with van der Waals surface area (Å²) in [5.41, 5.74) is 1.63. The highest BCUT2D eigenvalue weighted by molar-refractivity contribution is 7.92. The maximum absolute atomic E-state index is 12.4. The van der Waals surface area contributed by atoms with Crippen molar-refractivity contribution in [2.75, 3.05) is 11.8 Å². The molecule has 4 nitrogen and oxygen atoms in total. The first-order valence-corrected chi connectivity index (χ1v) is 8.30. The van der Waals surface area contributed by atoms with Gasteiger partial charge in [0.15, 0.2) is 0 Å². The van der Waals surface area contributed by atoms with Crippen LogP contribution in [-0.4, -0.2) is 15.5 Å². The third-order valence-corrected chi connectivity index (χ3v) is 4.53. The fourth-order valence-electron chi connectivity index (χ4n) is 2.07. The Kier molecular flexibility index (Phi) is 4.85. The number of anilines is 1. The van der Waals surface area contributed by atoms with Crippen LogP contribution in [0, 0.1) is 0 Å². The van der Waals surface area contributed by atoms with Crippen molar-refractivity contribution in [2.24, 2.45) is 0 Å². The quantitative estimate of drug-likeness (QED) is 0.889. The first-order valence-electron chi connectivity index (χ1n) is 6.81. The molecule has 0 spiro atoms. The average Bonchev–Trinajstić information content (AvgIpc) is 2.49. The molecule has 0 fully saturated rings. The topological polar surface area (TPSA) is 55.4 Å². The molecule has 0 radical (unpaired) electrons. The fourth-order valence-corrected chi connectivity index (χ4v) is 3.17. The van der Waals surface area contributed by atoms with Crippen LogP contribution >= 0.6 is 0 Å². The van der Waals surface area contributed by atoms with Crippen LogP contribution in [0.25, 0.3) is 0 Å². The minimum Gasteiger partial charge on any atom is -0.497 e. The molecule has 0 amide bonds. The summed E-state index contributed by atoms with van der Waals surface area (Å²) in [4.78, 5) is 0.217. The standard InChI is InChI=1S/C16H19NO3S/c1-3-6-13-7-4-5-8-16(13)17-21(18,19)15-11-9-14(20-2)10-12-15/h4-5,7-12,17H,3,6H2,1-2H3. The van der Waals surface area contributed by atoms with Gasteiger partial charge in [0.25, 0.3) is 10.0 Å². The molecule has 0 saturated heterocycles. The van der Waals surface area contributed by atoms with Gasteiger partial charge in [-0.1, -0.05) is 31.5 Å². The number of aryl methyl sites for hydroxylation is 1. The summed E-state index contributed by atoms with van der Waals surface area (Å²) >= 11 is 0. The van der Waals surface area contributed by atoms with E-state index >= 15 is 0 Å². The van der Waals surface area contributed by atoms with Gasteiger partial charge >= 0.3 is 0 Å². The zero-order valence-electron chi connectivity index (χ0n) is 12.2. The van der Waals surface area contributed by atoms with Gasteiger partial charge in [0.1, 0.15) is 5.75 Å². The smallest absolute Gasteiger partial charge is 0.261 e. The van der Waals surface area contributed by atoms with Crippen molar-refractivity contribution in [1.82, 2.24) is 0 Å². The lowest BCUT2D eigenvalue weighted by Gasteiger charge is -2.12. The molecule has 2 aromatic rings. The second-order valence-corrected chi connectivity index (χ2v) is 6.37. The summed E-state index contributed by atoms with van der Waals surface area (Å²) < 4.78 is 32.5. The largest absolute Gasteiger partial charge is 0.497 e. The van der Waals surface area contributed by atoms with Gasteiger partial charge in [0, 0.05) is 0 Å². The summed E-state index contributed by atoms with van der Waals surface area (Å²) in [6.07, 6.45) is 1.79. The van der Waals surface area contributed by atoms with E-state index in [2.05, 4.69) is 11.6 Å². The van der Waals surface area contributed by atoms with Crippen LogP contribution < -0.4 is 9.46 Å². The summed E-state index contributed by atoms with van der Waals surface area (Å²) in [7, 11) is -2.04. The molecule has 0 aliphatic carbocycles. The minimum atomic E-state index is -3.58. The van der Waals surface area contributed by atoms with Crippen LogP contribution in [0.2, 0.25) is 0 Å². The van der Waals surface area contributed by atoms with Crippen LogP contribution in [0.15, 0.2) is 53.4 Å². The summed E-state index contributed by atoms with van der Waals surface area (Å²) in [5.74, 6) is 0.625. The Morgan fingerprint density at radius 3 is 2.33 bits per heavy atom. The Morgan fingerprint density at radius 1 is 1.05 bits per heavy atom. The van der Waals surface area contributed by atoms with Gasteiger partial charge in [-0.2, -0.15) is 0 Å². The number of rotatable bonds is 6. The van der Waals surface area contributed by atoms with E-state index in [1.165, 1.54) is 12.1 Å². The van der Waals surface area contributed by atoms with Crippen molar-refractivity contribution < 1.29 is 13.2 Å². The first kappa shape index (κ1) is 15.4. The van der Waals surface area contributed by atoms with Gasteiger partial charge in [0.05, 0.1) is 17.7 Å². The molecule has 0 aliphatic heterocycles. The van der Waals surface area contributed by atoms with Crippen molar-refractivity contribution in [3.63, 3.8) is 0 Å². The molecule has 2 aromatic carbocycles. The van der Waals surface area contributed by atoms with Crippen molar-refractivity contribution in [3.05, 3.63) is 54.1 Å². The maximum Gasteiger partial charge on any atom is 0.261 e. The Labute approximate surface area is 125 Å². The van der Waals surface area contributed by atoms with E-state index in [1.807, 2.05) is 18.2 Å². The maximum atomic E-state index is 12.4. The van der Waals surface area contributed by atoms with Crippen LogP contribution in [0.1, 0.15) is 18.9 Å². The number of sulfonamides is 1. The van der Waals surface area contributed by atoms with Gasteiger partial charge in [-0.15, -0.1) is 0 Å². The molecule has 0 atom stereocenters. The number of hydrogen-bond donors (Lipinski definition) is 1. The van der Waals surface area contributed by atoms with Crippen LogP contribution in [0.3, 0.4) is 0 Å². The van der Waals surface area contributed by atoms with Gasteiger partial charge in [0.2, 0.25) is 0 Å². The summed E-state index contributed by atoms with van der Waals surface area (Å²) in [6, 6.07) is 13.8. The van der Waals surface area contributed by atoms with E-state index < -0.39 is 10.0 Å². The second kappa shape index (κ2) is 6.63. The Balaban J connectivity index is 2.28. The second-order valence-electron chi connectivity index (χ2n) is 4.69. The molecule has 5 heteroatoms. The van der Waals surface area contributed by atoms with E-state index in [1.54, 1.807) is 25.3 Å². The first-order chi connectivity index (χ1) is 10.1. The van der Waals surface area contributed by atoms with Crippen molar-refractivity contribution in [3.8, 4) is 5.75 Å². The number of benzene rings is 2. The molecule has 0 unspecified atom stereocenters. The van der Waals surface area contributed by atoms with Crippen molar-refractivity contribution >= 4 is 15.7 Å². The molecule has 0 aliphatic rings. The van der Waals surface area contributed by atoms with Crippen LogP contribution in [0.4, 0.5) is 5.69 Å². The average molecular weight is 305 g/mol. The van der Waals surface area contributed by atoms with E-state index in [0.717, 1.165) is 18.4 Å². The molecule has 1 N–H and O–H groups in total. The molecule has 0 aromatic heterocycles. The van der Waals surface area contributed by atoms with E-state index in [-0.39, 0.29) is 4.90 Å². The fraction of sp³-hybridized carbons (Fsp3) is 0.250. The number of hydrogen-bond acceptors (Lipinski definition) is 3. The minimum absolute atomic E-state index is 0.217. The Morgan fingerprint density at radius 2 is 1.71 bits per heavy atom. The van der Waals surface area contributed by atoms with Gasteiger partial charge in [-0.05, 0) is 42.3 Å². The van der Waals surface area contributed by atoms with Gasteiger partial charge in [-0.25, -0.2) is 8.42 Å². The van der Waals surface area contributed by atoms with Crippen LogP contribution in [0.5, 0.6) is 5.75 Å². The lowest BCUT2D eigenvalue weighted by molar-refractivity contribution is 0.414. The van der Waals surface area contributed by atoms with E-state index in [0.29, 0.717) is 11.4 Å². The van der Waals surface area contributed by atoms with Gasteiger partial charge in [-0.3, -0.25) is 4.72 Å². The highest BCUT2D eigenvalue weighted by Crippen LogP contribution is 2.22. The third-order valence-electron chi connectivity index (χ3n) is 3.15. The molecule has 0 saturated carbocycles. The molecule has 112 valence electrons. The van der Waals surface area contributed by atoms with E-state index in [9.17, 15) is 8.42 Å². The van der Waals surface area contributed by atoms with Crippen LogP contribution in [-0.2, 0) is 16.4 Å². The number of nitrogens with one attached hydrogen (secondary N) is 1. The SMILES string of the molecule is CCCc1ccccc1NS(=O)(=O)c1ccc(OC)cc1. The molecular weight excluding hydrogens is 286 g/mol. The molecule has 0 bridgehead atoms. The third kappa shape index (κ3) is 3.76. The Hall–Kier alpha value is -2.01. The zero-order chi connectivity index (χ0) is 15.3. The summed E-state index contributed by atoms with van der Waals surface area (Å²) in [6.45, 7) is 2.06. The predicted octanol–water partition coefficient (Wildman–Crippen LogP) is 3.45. The Bertz CT molecular complexity index is 694. The van der Waals surface area contributed by atoms with Gasteiger partial charge < -0.3 is 4.74 Å². The highest BCUT2D eigenvalue weighted by Gasteiger charge is 2.15. The zero-order valence-corrected chi connectivity index (χ0v) is 13.0. The molecular formula is C16H19NO3S. The predicted molar refractivity (Wildman–Crippen MR) is 84.2 cm³/mol. The molecule has 0 heterocycles. The van der Waals surface area contributed by atoms with Crippen molar-refractivity contribution in [1.29, 1.82) is 0 Å². The monoisotopic (exact) mass is 305 g/mol. The normalized spacial score (nSPS) is 11.1. The van der Waals surface area contributed by atoms with Crippen molar-refractivity contribution in [2.45, 2.75) is 24.7 Å². The number of para-hydroxylation sites is 1. The molecule has 21 heavy (non-hydrogen) atoms. The number of methoxy groups -OCH3 is 1. The number of ether oxygens (including phenoxy) is 1. The lowest BCUT2D eigenvalue weighted by atomic mass is 10.1. The molecule has 2 rings (SSSR count). The van der Waals surface area contributed by atoms with E-state index in [4.69, 9.17) is 4.74 Å². The highest BCUT2D eigenvalue weighted by atomic mass is 32.2. The lowest BCUT2D eigenvalue weighted by Crippen LogP contribution is -2.14. The summed E-state index contributed by atoms with van der Waals surface area (Å²) in [5, 5.41) is 0.